The lowest BCUT2D eigenvalue weighted by atomic mass is 9.53. The lowest BCUT2D eigenvalue weighted by Crippen LogP contribution is -2.61. The van der Waals surface area contributed by atoms with Gasteiger partial charge in [-0.1, -0.05) is 79.2 Å². The molecule has 4 N–H and O–H groups in total. The monoisotopic (exact) mass is 713 g/mol. The van der Waals surface area contributed by atoms with Crippen molar-refractivity contribution >= 4 is 17.6 Å². The van der Waals surface area contributed by atoms with Gasteiger partial charge in [-0.2, -0.15) is 0 Å². The predicted molar refractivity (Wildman–Crippen MR) is 197 cm³/mol. The van der Waals surface area contributed by atoms with Crippen LogP contribution in [0.15, 0.2) is 72.8 Å². The summed E-state index contributed by atoms with van der Waals surface area (Å²) in [5, 5.41) is 28.3. The smallest absolute Gasteiger partial charge is 0.315 e. The topological polar surface area (TPSA) is 103 Å². The van der Waals surface area contributed by atoms with Crippen molar-refractivity contribution in [2.75, 3.05) is 19.6 Å². The molecule has 0 unspecified atom stereocenters. The average Bonchev–Trinajstić information content (AvgIpc) is 3.12. The van der Waals surface area contributed by atoms with Crippen LogP contribution in [0.3, 0.4) is 0 Å². The molecule has 8 nitrogen and oxygen atoms in total. The van der Waals surface area contributed by atoms with Crippen LogP contribution in [0.5, 0.6) is 0 Å². The molecular weight excluding hydrogens is 662 g/mol. The number of hydrogen-bond acceptors (Lipinski definition) is 6. The van der Waals surface area contributed by atoms with Crippen molar-refractivity contribution in [3.8, 4) is 0 Å². The van der Waals surface area contributed by atoms with Gasteiger partial charge in [-0.05, 0) is 104 Å². The first-order valence-electron chi connectivity index (χ1n) is 19.0. The Bertz CT molecular complexity index is 1620. The van der Waals surface area contributed by atoms with Gasteiger partial charge in [-0.15, -0.1) is 0 Å². The Kier molecular flexibility index (Phi) is 9.94. The van der Waals surface area contributed by atoms with Crippen LogP contribution < -0.4 is 10.6 Å². The number of carbonyl (C=O) groups excluding carboxylic acids is 1. The zero-order valence-corrected chi connectivity index (χ0v) is 30.4. The maximum Gasteiger partial charge on any atom is 0.315 e. The number of carbonyl (C=O) groups is 1. The number of aliphatic hydroxyl groups excluding tert-OH is 1. The van der Waals surface area contributed by atoms with Crippen LogP contribution in [0.4, 0.5) is 4.79 Å². The number of amides is 2. The van der Waals surface area contributed by atoms with Crippen LogP contribution in [-0.2, 0) is 28.2 Å². The van der Waals surface area contributed by atoms with E-state index in [1.165, 1.54) is 19.3 Å². The van der Waals surface area contributed by atoms with Crippen LogP contribution in [0.1, 0.15) is 98.5 Å². The Labute approximate surface area is 306 Å². The highest BCUT2D eigenvalue weighted by atomic mass is 35.5. The number of rotatable bonds is 9. The van der Waals surface area contributed by atoms with Crippen LogP contribution in [0.2, 0.25) is 5.02 Å². The van der Waals surface area contributed by atoms with Crippen LogP contribution in [0.25, 0.3) is 0 Å². The van der Waals surface area contributed by atoms with Gasteiger partial charge in [-0.3, -0.25) is 0 Å². The van der Waals surface area contributed by atoms with E-state index in [1.807, 2.05) is 72.8 Å². The summed E-state index contributed by atoms with van der Waals surface area (Å²) < 4.78 is 13.4. The molecule has 4 bridgehead atoms. The second-order valence-electron chi connectivity index (χ2n) is 16.4. The second kappa shape index (κ2) is 14.4. The minimum atomic E-state index is -0.866. The van der Waals surface area contributed by atoms with Crippen molar-refractivity contribution in [2.24, 2.45) is 23.7 Å². The second-order valence-corrected chi connectivity index (χ2v) is 16.8. The van der Waals surface area contributed by atoms with Gasteiger partial charge in [0.2, 0.25) is 0 Å². The Hall–Kier alpha value is -2.98. The molecule has 3 aromatic carbocycles. The fraction of sp³-hybridized carbons (Fsp3) is 0.548. The molecule has 4 saturated carbocycles. The van der Waals surface area contributed by atoms with E-state index in [2.05, 4.69) is 22.5 Å². The Morgan fingerprint density at radius 2 is 1.43 bits per heavy atom. The molecule has 9 rings (SSSR count). The molecule has 0 spiro atoms. The summed E-state index contributed by atoms with van der Waals surface area (Å²) in [5.74, 6) is 2.43. The first-order valence-corrected chi connectivity index (χ1v) is 19.4. The first-order chi connectivity index (χ1) is 24.7. The predicted octanol–water partition coefficient (Wildman–Crippen LogP) is 7.38. The maximum absolute atomic E-state index is 13.1. The van der Waals surface area contributed by atoms with Gasteiger partial charge in [0.1, 0.15) is 0 Å². The number of ether oxygens (including phenoxy) is 2. The van der Waals surface area contributed by atoms with Crippen LogP contribution in [-0.4, -0.2) is 52.4 Å². The number of hydrogen-bond donors (Lipinski definition) is 4. The fourth-order valence-electron chi connectivity index (χ4n) is 10.3. The minimum Gasteiger partial charge on any atom is -0.392 e. The molecule has 2 heterocycles. The summed E-state index contributed by atoms with van der Waals surface area (Å²) in [4.78, 5) is 15.5. The third-order valence-corrected chi connectivity index (χ3v) is 13.0. The summed E-state index contributed by atoms with van der Waals surface area (Å²) >= 11 is 6.11. The largest absolute Gasteiger partial charge is 0.392 e. The molecule has 3 aromatic rings. The first kappa shape index (κ1) is 35.1. The van der Waals surface area contributed by atoms with E-state index in [4.69, 9.17) is 21.1 Å². The van der Waals surface area contributed by atoms with Gasteiger partial charge < -0.3 is 35.2 Å². The Balaban J connectivity index is 0.919. The van der Waals surface area contributed by atoms with Gasteiger partial charge in [0.05, 0.1) is 24.4 Å². The molecule has 2 saturated heterocycles. The number of urea groups is 1. The highest BCUT2D eigenvalue weighted by Gasteiger charge is 2.51. The average molecular weight is 714 g/mol. The van der Waals surface area contributed by atoms with Crippen molar-refractivity contribution in [1.82, 2.24) is 15.5 Å². The molecule has 4 atom stereocenters. The molecule has 4 aliphatic carbocycles. The standard InChI is InChI=1S/C42H52ClN3O5/c1-27-37(25-46-16-14-42(49,15-17-46)35-10-12-36(43)13-11-35)50-39(51-38(27)33-6-4-29(26-47)5-7-33)34-8-2-28(3-9-34)24-44-40(48)45-41-21-30-18-31(22-41)20-32(19-30)23-41/h2-13,27,30-32,37-39,47,49H,14-26H2,1H3,(H2,44,45,48)/t27-,30?,31?,32?,37+,38+,39+,41?/m1/s1. The minimum absolute atomic E-state index is 0.00180. The zero-order chi connectivity index (χ0) is 35.2. The number of aliphatic hydroxyl groups is 2. The Morgan fingerprint density at radius 3 is 2.04 bits per heavy atom. The van der Waals surface area contributed by atoms with Crippen LogP contribution >= 0.6 is 11.6 Å². The van der Waals surface area contributed by atoms with Gasteiger partial charge in [0.25, 0.3) is 0 Å². The van der Waals surface area contributed by atoms with E-state index in [9.17, 15) is 15.0 Å². The fourth-order valence-corrected chi connectivity index (χ4v) is 10.4. The molecular formula is C42H52ClN3O5. The van der Waals surface area contributed by atoms with Crippen molar-refractivity contribution in [3.63, 3.8) is 0 Å². The van der Waals surface area contributed by atoms with Crippen LogP contribution in [0, 0.1) is 23.7 Å². The van der Waals surface area contributed by atoms with E-state index in [-0.39, 0.29) is 36.3 Å². The molecule has 0 radical (unpaired) electrons. The molecule has 51 heavy (non-hydrogen) atoms. The summed E-state index contributed by atoms with van der Waals surface area (Å²) in [7, 11) is 0. The lowest BCUT2D eigenvalue weighted by Gasteiger charge is -2.56. The number of nitrogens with zero attached hydrogens (tertiary/aromatic N) is 1. The molecule has 2 amide bonds. The number of nitrogens with one attached hydrogen (secondary N) is 2. The van der Waals surface area contributed by atoms with E-state index in [0.29, 0.717) is 24.4 Å². The van der Waals surface area contributed by atoms with Crippen molar-refractivity contribution in [2.45, 2.75) is 101 Å². The lowest BCUT2D eigenvalue weighted by molar-refractivity contribution is -0.277. The number of likely N-dealkylation sites (tertiary alicyclic amines) is 1. The van der Waals surface area contributed by atoms with Crippen molar-refractivity contribution in [1.29, 1.82) is 0 Å². The van der Waals surface area contributed by atoms with E-state index in [1.54, 1.807) is 0 Å². The normalized spacial score (nSPS) is 32.8. The highest BCUT2D eigenvalue weighted by Crippen LogP contribution is 2.55. The number of benzene rings is 3. The molecule has 6 fully saturated rings. The molecule has 6 aliphatic rings. The third-order valence-electron chi connectivity index (χ3n) is 12.7. The van der Waals surface area contributed by atoms with Gasteiger partial charge in [0.15, 0.2) is 6.29 Å². The quantitative estimate of drug-likeness (QED) is 0.185. The Morgan fingerprint density at radius 1 is 0.843 bits per heavy atom. The van der Waals surface area contributed by atoms with Gasteiger partial charge in [-0.25, -0.2) is 4.79 Å². The van der Waals surface area contributed by atoms with Crippen molar-refractivity contribution < 1.29 is 24.5 Å². The maximum atomic E-state index is 13.1. The van der Waals surface area contributed by atoms with Gasteiger partial charge >= 0.3 is 6.03 Å². The SMILES string of the molecule is C[C@@H]1[C@H](CN2CCC(O)(c3ccc(Cl)cc3)CC2)O[C@H](c2ccc(CNC(=O)NC34CC5CC(CC(C5)C3)C4)cc2)O[C@@H]1c1ccc(CO)cc1. The third kappa shape index (κ3) is 7.59. The molecule has 9 heteroatoms. The van der Waals surface area contributed by atoms with Gasteiger partial charge in [0, 0.05) is 48.2 Å². The van der Waals surface area contributed by atoms with Crippen molar-refractivity contribution in [3.05, 3.63) is 106 Å². The summed E-state index contributed by atoms with van der Waals surface area (Å²) in [6.45, 7) is 4.88. The molecule has 272 valence electrons. The molecule has 0 aromatic heterocycles. The summed E-state index contributed by atoms with van der Waals surface area (Å²) in [5.41, 5.74) is 3.92. The number of piperidine rings is 1. The number of halogens is 1. The highest BCUT2D eigenvalue weighted by molar-refractivity contribution is 6.30. The van der Waals surface area contributed by atoms with E-state index in [0.717, 1.165) is 84.5 Å². The summed E-state index contributed by atoms with van der Waals surface area (Å²) in [6, 6.07) is 23.7. The zero-order valence-electron chi connectivity index (χ0n) is 29.6. The van der Waals surface area contributed by atoms with E-state index >= 15 is 0 Å². The summed E-state index contributed by atoms with van der Waals surface area (Å²) in [6.07, 6.45) is 7.87. The molecule has 2 aliphatic heterocycles. The van der Waals surface area contributed by atoms with E-state index < -0.39 is 11.9 Å².